The molecule has 3 N–H and O–H groups in total. The molecule has 0 fully saturated rings. The summed E-state index contributed by atoms with van der Waals surface area (Å²) in [6, 6.07) is 2.05. The van der Waals surface area contributed by atoms with Crippen molar-refractivity contribution in [2.75, 3.05) is 0 Å². The number of aromatic nitrogens is 2. The van der Waals surface area contributed by atoms with Gasteiger partial charge in [-0.3, -0.25) is 0 Å². The average molecular weight is 508 g/mol. The van der Waals surface area contributed by atoms with Gasteiger partial charge in [-0.25, -0.2) is 43.9 Å². The van der Waals surface area contributed by atoms with Crippen LogP contribution in [0.4, 0.5) is 43.9 Å². The molecule has 35 heavy (non-hydrogen) atoms. The Bertz CT molecular complexity index is 1370. The van der Waals surface area contributed by atoms with E-state index in [4.69, 9.17) is 0 Å². The number of aliphatic hydroxyl groups excluding tert-OH is 1. The molecule has 0 radical (unpaired) electrons. The van der Waals surface area contributed by atoms with Gasteiger partial charge in [-0.15, -0.1) is 0 Å². The minimum atomic E-state index is -2.49. The minimum Gasteiger partial charge on any atom is -0.382 e. The molecule has 0 amide bonds. The maximum atomic E-state index is 14.6. The van der Waals surface area contributed by atoms with Crippen molar-refractivity contribution in [3.8, 4) is 0 Å². The normalized spacial score (nSPS) is 13.3. The first kappa shape index (κ1) is 24.4. The Morgan fingerprint density at radius 3 is 1.49 bits per heavy atom. The van der Waals surface area contributed by atoms with Crippen molar-refractivity contribution in [2.24, 2.45) is 0 Å². The van der Waals surface area contributed by atoms with E-state index in [1.54, 1.807) is 0 Å². The molecule has 2 aromatic heterocycles. The molecule has 2 aromatic carbocycles. The van der Waals surface area contributed by atoms with Crippen molar-refractivity contribution in [1.82, 2.24) is 9.97 Å². The molecule has 0 saturated heterocycles. The van der Waals surface area contributed by atoms with Crippen LogP contribution >= 0.6 is 0 Å². The number of aliphatic hydroxyl groups is 1. The Labute approximate surface area is 188 Å². The van der Waals surface area contributed by atoms with Gasteiger partial charge in [0.1, 0.15) is 6.10 Å². The molecular weight excluding hydrogens is 498 g/mol. The third kappa shape index (κ3) is 3.75. The van der Waals surface area contributed by atoms with E-state index in [0.29, 0.717) is 0 Å². The standard InChI is InChI=1S/C22H10F10N2O/c23-12-10(13(24)17(28)20(31)16(12)27)9(6-1-2-33-4-6)7-3-8(34-5-7)22(35)11-14(25)18(29)21(32)19(30)15(11)26/h1-5,9,22,33-35H. The monoisotopic (exact) mass is 508 g/mol. The van der Waals surface area contributed by atoms with E-state index in [0.717, 1.165) is 18.5 Å². The molecule has 0 bridgehead atoms. The smallest absolute Gasteiger partial charge is 0.200 e. The zero-order chi connectivity index (χ0) is 25.8. The molecule has 3 nitrogen and oxygen atoms in total. The summed E-state index contributed by atoms with van der Waals surface area (Å²) >= 11 is 0. The molecule has 0 saturated carbocycles. The van der Waals surface area contributed by atoms with Crippen LogP contribution < -0.4 is 0 Å². The minimum absolute atomic E-state index is 0.0236. The molecule has 0 aliphatic carbocycles. The quantitative estimate of drug-likeness (QED) is 0.173. The van der Waals surface area contributed by atoms with E-state index in [1.807, 2.05) is 0 Å². The second-order valence-electron chi connectivity index (χ2n) is 7.34. The van der Waals surface area contributed by atoms with Gasteiger partial charge in [0.2, 0.25) is 11.6 Å². The topological polar surface area (TPSA) is 51.8 Å². The molecule has 2 unspecified atom stereocenters. The lowest BCUT2D eigenvalue weighted by Gasteiger charge is -2.18. The summed E-state index contributed by atoms with van der Waals surface area (Å²) in [5.74, 6) is -24.6. The van der Waals surface area contributed by atoms with Crippen LogP contribution in [0.5, 0.6) is 0 Å². The zero-order valence-corrected chi connectivity index (χ0v) is 16.8. The van der Waals surface area contributed by atoms with Gasteiger partial charge in [0, 0.05) is 35.8 Å². The van der Waals surface area contributed by atoms with E-state index in [-0.39, 0.29) is 11.1 Å². The second-order valence-corrected chi connectivity index (χ2v) is 7.34. The van der Waals surface area contributed by atoms with Gasteiger partial charge in [0.25, 0.3) is 0 Å². The SMILES string of the molecule is OC(c1cc(C(c2cc[nH]c2)c2c(F)c(F)c(F)c(F)c2F)c[nH]1)c1c(F)c(F)c(F)c(F)c1F. The first-order valence-corrected chi connectivity index (χ1v) is 9.48. The molecule has 13 heteroatoms. The highest BCUT2D eigenvalue weighted by Crippen LogP contribution is 2.39. The van der Waals surface area contributed by atoms with Gasteiger partial charge in [-0.05, 0) is 23.3 Å². The van der Waals surface area contributed by atoms with E-state index < -0.39 is 87.0 Å². The van der Waals surface area contributed by atoms with Crippen LogP contribution in [-0.4, -0.2) is 15.1 Å². The molecule has 2 atom stereocenters. The number of aromatic amines is 2. The van der Waals surface area contributed by atoms with Crippen LogP contribution in [0.2, 0.25) is 0 Å². The van der Waals surface area contributed by atoms with E-state index in [2.05, 4.69) is 9.97 Å². The average Bonchev–Trinajstić information content (AvgIpc) is 3.54. The van der Waals surface area contributed by atoms with Crippen LogP contribution in [0.3, 0.4) is 0 Å². The summed E-state index contributed by atoms with van der Waals surface area (Å²) in [5.41, 5.74) is -3.80. The Hall–Kier alpha value is -3.74. The fourth-order valence-electron chi connectivity index (χ4n) is 3.69. The molecule has 4 rings (SSSR count). The number of hydrogen-bond donors (Lipinski definition) is 3. The van der Waals surface area contributed by atoms with Crippen LogP contribution in [0.1, 0.15) is 40.0 Å². The van der Waals surface area contributed by atoms with Crippen molar-refractivity contribution >= 4 is 0 Å². The summed E-state index contributed by atoms with van der Waals surface area (Å²) in [5, 5.41) is 10.3. The lowest BCUT2D eigenvalue weighted by atomic mass is 9.86. The number of benzene rings is 2. The maximum Gasteiger partial charge on any atom is 0.200 e. The fraction of sp³-hybridized carbons (Fsp3) is 0.0909. The van der Waals surface area contributed by atoms with Crippen LogP contribution in [0.25, 0.3) is 0 Å². The first-order valence-electron chi connectivity index (χ1n) is 9.48. The number of rotatable bonds is 5. The van der Waals surface area contributed by atoms with E-state index in [1.165, 1.54) is 12.3 Å². The summed E-state index contributed by atoms with van der Waals surface area (Å²) in [6.45, 7) is 0. The van der Waals surface area contributed by atoms with Crippen LogP contribution in [0, 0.1) is 58.2 Å². The summed E-state index contributed by atoms with van der Waals surface area (Å²) in [6.07, 6.45) is 0.846. The summed E-state index contributed by atoms with van der Waals surface area (Å²) < 4.78 is 139. The Balaban J connectivity index is 1.88. The van der Waals surface area contributed by atoms with Gasteiger partial charge in [-0.1, -0.05) is 0 Å². The third-order valence-corrected chi connectivity index (χ3v) is 5.36. The molecule has 0 aliphatic heterocycles. The van der Waals surface area contributed by atoms with Crippen molar-refractivity contribution in [3.05, 3.63) is 117 Å². The molecule has 184 valence electrons. The van der Waals surface area contributed by atoms with Crippen molar-refractivity contribution < 1.29 is 49.0 Å². The number of nitrogens with one attached hydrogen (secondary N) is 2. The molecule has 4 aromatic rings. The van der Waals surface area contributed by atoms with Crippen LogP contribution in [-0.2, 0) is 0 Å². The second kappa shape index (κ2) is 8.80. The Kier molecular flexibility index (Phi) is 6.13. The lowest BCUT2D eigenvalue weighted by molar-refractivity contribution is 0.199. The zero-order valence-electron chi connectivity index (χ0n) is 16.8. The highest BCUT2D eigenvalue weighted by Gasteiger charge is 2.35. The molecule has 2 heterocycles. The summed E-state index contributed by atoms with van der Waals surface area (Å²) in [7, 11) is 0. The van der Waals surface area contributed by atoms with Gasteiger partial charge >= 0.3 is 0 Å². The largest absolute Gasteiger partial charge is 0.382 e. The molecule has 0 spiro atoms. The molecular formula is C22H10F10N2O. The van der Waals surface area contributed by atoms with Crippen molar-refractivity contribution in [3.63, 3.8) is 0 Å². The van der Waals surface area contributed by atoms with Crippen molar-refractivity contribution in [2.45, 2.75) is 12.0 Å². The predicted molar refractivity (Wildman–Crippen MR) is 99.1 cm³/mol. The van der Waals surface area contributed by atoms with E-state index in [9.17, 15) is 49.0 Å². The predicted octanol–water partition coefficient (Wildman–Crippen LogP) is 6.00. The van der Waals surface area contributed by atoms with Gasteiger partial charge in [0.05, 0.1) is 5.56 Å². The van der Waals surface area contributed by atoms with Gasteiger partial charge in [-0.2, -0.15) is 0 Å². The lowest BCUT2D eigenvalue weighted by Crippen LogP contribution is -2.13. The highest BCUT2D eigenvalue weighted by atomic mass is 19.2. The summed E-state index contributed by atoms with van der Waals surface area (Å²) in [4.78, 5) is 4.80. The Morgan fingerprint density at radius 1 is 0.571 bits per heavy atom. The highest BCUT2D eigenvalue weighted by molar-refractivity contribution is 5.45. The third-order valence-electron chi connectivity index (χ3n) is 5.36. The fourth-order valence-corrected chi connectivity index (χ4v) is 3.69. The van der Waals surface area contributed by atoms with Crippen LogP contribution in [0.15, 0.2) is 30.7 Å². The first-order chi connectivity index (χ1) is 16.5. The van der Waals surface area contributed by atoms with Crippen molar-refractivity contribution in [1.29, 1.82) is 0 Å². The Morgan fingerprint density at radius 2 is 1.03 bits per heavy atom. The number of hydrogen-bond acceptors (Lipinski definition) is 1. The van der Waals surface area contributed by atoms with Gasteiger partial charge < -0.3 is 15.1 Å². The number of halogens is 10. The van der Waals surface area contributed by atoms with Gasteiger partial charge in [0.15, 0.2) is 46.5 Å². The van der Waals surface area contributed by atoms with E-state index >= 15 is 0 Å². The number of H-pyrrole nitrogens is 2. The molecule has 0 aliphatic rings. The maximum absolute atomic E-state index is 14.6.